The number of nitriles is 2. The van der Waals surface area contributed by atoms with Gasteiger partial charge in [-0.2, -0.15) is 10.5 Å². The largest absolute Gasteiger partial charge is 0.369 e. The van der Waals surface area contributed by atoms with Crippen molar-refractivity contribution in [1.82, 2.24) is 4.90 Å². The second-order valence-electron chi connectivity index (χ2n) is 5.29. The molecule has 0 saturated carbocycles. The van der Waals surface area contributed by atoms with Gasteiger partial charge in [0.1, 0.15) is 0 Å². The van der Waals surface area contributed by atoms with Crippen LogP contribution in [0.3, 0.4) is 0 Å². The summed E-state index contributed by atoms with van der Waals surface area (Å²) in [6.45, 7) is 4.68. The van der Waals surface area contributed by atoms with Gasteiger partial charge >= 0.3 is 0 Å². The zero-order valence-electron chi connectivity index (χ0n) is 12.0. The number of benzene rings is 1. The highest BCUT2D eigenvalue weighted by Gasteiger charge is 2.20. The van der Waals surface area contributed by atoms with Gasteiger partial charge in [0.15, 0.2) is 0 Å². The molecule has 1 aliphatic heterocycles. The molecular weight excluding hydrogens is 328 g/mol. The van der Waals surface area contributed by atoms with Crippen molar-refractivity contribution < 1.29 is 0 Å². The first-order valence-electron chi connectivity index (χ1n) is 7.22. The fraction of sp³-hybridized carbons (Fsp3) is 0.500. The van der Waals surface area contributed by atoms with Crippen LogP contribution in [0.2, 0.25) is 0 Å². The summed E-state index contributed by atoms with van der Waals surface area (Å²) in [5.41, 5.74) is 1.24. The number of nitrogens with zero attached hydrogens (tertiary/aromatic N) is 4. The molecule has 0 radical (unpaired) electrons. The van der Waals surface area contributed by atoms with Gasteiger partial charge in [-0.25, -0.2) is 0 Å². The molecule has 0 aromatic heterocycles. The van der Waals surface area contributed by atoms with Crippen LogP contribution in [0.25, 0.3) is 0 Å². The predicted octanol–water partition coefficient (Wildman–Crippen LogP) is 3.01. The highest BCUT2D eigenvalue weighted by atomic mass is 79.9. The Morgan fingerprint density at radius 3 is 2.57 bits per heavy atom. The smallest absolute Gasteiger partial charge is 0.0669 e. The Hall–Kier alpha value is -1.56. The Balaban J connectivity index is 1.83. The van der Waals surface area contributed by atoms with Crippen LogP contribution in [0, 0.1) is 28.6 Å². The minimum Gasteiger partial charge on any atom is -0.369 e. The van der Waals surface area contributed by atoms with Gasteiger partial charge in [0.2, 0.25) is 0 Å². The maximum Gasteiger partial charge on any atom is 0.0669 e. The number of hydrogen-bond donors (Lipinski definition) is 0. The van der Waals surface area contributed by atoms with Crippen LogP contribution in [0.4, 0.5) is 5.69 Å². The lowest BCUT2D eigenvalue weighted by Gasteiger charge is -2.36. The standard InChI is InChI=1S/C16H19BrN4/c17-15-4-1-5-16(11-15)21-9-7-20(8-10-21)13-14(12-19)3-2-6-18/h1,4-5,11,14H,2-3,7-10,13H2. The third-order valence-corrected chi connectivity index (χ3v) is 4.30. The van der Waals surface area contributed by atoms with E-state index in [0.717, 1.165) is 37.2 Å². The molecule has 1 saturated heterocycles. The lowest BCUT2D eigenvalue weighted by molar-refractivity contribution is 0.233. The van der Waals surface area contributed by atoms with Gasteiger partial charge in [-0.3, -0.25) is 4.90 Å². The molecule has 1 aromatic rings. The zero-order valence-corrected chi connectivity index (χ0v) is 13.6. The average Bonchev–Trinajstić information content (AvgIpc) is 2.52. The summed E-state index contributed by atoms with van der Waals surface area (Å²) in [5.74, 6) is -0.0259. The first kappa shape index (κ1) is 15.8. The third kappa shape index (κ3) is 4.74. The fourth-order valence-corrected chi connectivity index (χ4v) is 3.00. The zero-order chi connectivity index (χ0) is 15.1. The number of rotatable bonds is 5. The average molecular weight is 347 g/mol. The summed E-state index contributed by atoms with van der Waals surface area (Å²) in [6.07, 6.45) is 1.15. The minimum absolute atomic E-state index is 0.0259. The second-order valence-corrected chi connectivity index (χ2v) is 6.21. The number of halogens is 1. The van der Waals surface area contributed by atoms with E-state index in [4.69, 9.17) is 10.5 Å². The molecule has 1 aromatic carbocycles. The van der Waals surface area contributed by atoms with Crippen LogP contribution >= 0.6 is 15.9 Å². The molecule has 1 heterocycles. The van der Waals surface area contributed by atoms with Gasteiger partial charge in [-0.15, -0.1) is 0 Å². The topological polar surface area (TPSA) is 54.1 Å². The molecular formula is C16H19BrN4. The van der Waals surface area contributed by atoms with E-state index in [2.05, 4.69) is 56.1 Å². The van der Waals surface area contributed by atoms with E-state index in [1.165, 1.54) is 5.69 Å². The number of hydrogen-bond acceptors (Lipinski definition) is 4. The Bertz CT molecular complexity index is 538. The molecule has 1 aliphatic rings. The molecule has 0 amide bonds. The van der Waals surface area contributed by atoms with Gasteiger partial charge in [-0.1, -0.05) is 22.0 Å². The summed E-state index contributed by atoms with van der Waals surface area (Å²) in [7, 11) is 0. The van der Waals surface area contributed by atoms with Crippen molar-refractivity contribution in [2.24, 2.45) is 5.92 Å². The lowest BCUT2D eigenvalue weighted by Crippen LogP contribution is -2.47. The first-order chi connectivity index (χ1) is 10.2. The maximum absolute atomic E-state index is 9.14. The van der Waals surface area contributed by atoms with Crippen molar-refractivity contribution in [2.45, 2.75) is 12.8 Å². The van der Waals surface area contributed by atoms with Gasteiger partial charge in [0, 0.05) is 49.3 Å². The van der Waals surface area contributed by atoms with Crippen molar-refractivity contribution in [3.05, 3.63) is 28.7 Å². The van der Waals surface area contributed by atoms with E-state index in [1.54, 1.807) is 0 Å². The maximum atomic E-state index is 9.14. The number of piperazine rings is 1. The van der Waals surface area contributed by atoms with E-state index in [0.29, 0.717) is 12.8 Å². The monoisotopic (exact) mass is 346 g/mol. The fourth-order valence-electron chi connectivity index (χ4n) is 2.61. The summed E-state index contributed by atoms with van der Waals surface area (Å²) >= 11 is 3.51. The SMILES string of the molecule is N#CCCC(C#N)CN1CCN(c2cccc(Br)c2)CC1. The van der Waals surface area contributed by atoms with Crippen LogP contribution < -0.4 is 4.90 Å². The summed E-state index contributed by atoms with van der Waals surface area (Å²) < 4.78 is 1.10. The van der Waals surface area contributed by atoms with E-state index in [9.17, 15) is 0 Å². The highest BCUT2D eigenvalue weighted by molar-refractivity contribution is 9.10. The van der Waals surface area contributed by atoms with Gasteiger partial charge in [-0.05, 0) is 24.6 Å². The molecule has 1 fully saturated rings. The van der Waals surface area contributed by atoms with Gasteiger partial charge in [0.25, 0.3) is 0 Å². The van der Waals surface area contributed by atoms with Crippen LogP contribution in [-0.2, 0) is 0 Å². The van der Waals surface area contributed by atoms with Crippen LogP contribution in [-0.4, -0.2) is 37.6 Å². The van der Waals surface area contributed by atoms with E-state index in [1.807, 2.05) is 6.07 Å². The molecule has 1 atom stereocenters. The molecule has 5 heteroatoms. The van der Waals surface area contributed by atoms with Crippen molar-refractivity contribution in [1.29, 1.82) is 10.5 Å². The predicted molar refractivity (Wildman–Crippen MR) is 86.7 cm³/mol. The molecule has 21 heavy (non-hydrogen) atoms. The summed E-state index contributed by atoms with van der Waals surface area (Å²) in [6, 6.07) is 12.8. The molecule has 1 unspecified atom stereocenters. The van der Waals surface area contributed by atoms with Crippen molar-refractivity contribution in [2.75, 3.05) is 37.6 Å². The van der Waals surface area contributed by atoms with Gasteiger partial charge in [0.05, 0.1) is 18.1 Å². The molecule has 0 N–H and O–H groups in total. The second kappa shape index (κ2) is 8.02. The lowest BCUT2D eigenvalue weighted by atomic mass is 10.0. The summed E-state index contributed by atoms with van der Waals surface area (Å²) in [5, 5.41) is 17.8. The molecule has 4 nitrogen and oxygen atoms in total. The molecule has 0 spiro atoms. The Morgan fingerprint density at radius 2 is 1.95 bits per heavy atom. The Kier molecular flexibility index (Phi) is 6.04. The molecule has 2 rings (SSSR count). The summed E-state index contributed by atoms with van der Waals surface area (Å²) in [4.78, 5) is 4.71. The van der Waals surface area contributed by atoms with Crippen molar-refractivity contribution in [3.63, 3.8) is 0 Å². The van der Waals surface area contributed by atoms with E-state index >= 15 is 0 Å². The molecule has 0 bridgehead atoms. The Morgan fingerprint density at radius 1 is 1.19 bits per heavy atom. The van der Waals surface area contributed by atoms with E-state index < -0.39 is 0 Å². The van der Waals surface area contributed by atoms with Crippen molar-refractivity contribution >= 4 is 21.6 Å². The van der Waals surface area contributed by atoms with Gasteiger partial charge < -0.3 is 4.90 Å². The highest BCUT2D eigenvalue weighted by Crippen LogP contribution is 2.21. The number of anilines is 1. The normalized spacial score (nSPS) is 17.0. The van der Waals surface area contributed by atoms with Crippen molar-refractivity contribution in [3.8, 4) is 12.1 Å². The van der Waals surface area contributed by atoms with Crippen LogP contribution in [0.15, 0.2) is 28.7 Å². The molecule has 0 aliphatic carbocycles. The Labute approximate surface area is 134 Å². The first-order valence-corrected chi connectivity index (χ1v) is 8.01. The quantitative estimate of drug-likeness (QED) is 0.822. The third-order valence-electron chi connectivity index (χ3n) is 3.81. The molecule has 110 valence electrons. The minimum atomic E-state index is -0.0259. The van der Waals surface area contributed by atoms with Crippen LogP contribution in [0.1, 0.15) is 12.8 Å². The van der Waals surface area contributed by atoms with Crippen LogP contribution in [0.5, 0.6) is 0 Å². The van der Waals surface area contributed by atoms with E-state index in [-0.39, 0.29) is 5.92 Å².